The molecule has 1 saturated heterocycles. The molecule has 1 fully saturated rings. The van der Waals surface area contributed by atoms with E-state index in [1.165, 1.54) is 23.8 Å². The average Bonchev–Trinajstić information content (AvgIpc) is 2.81. The van der Waals surface area contributed by atoms with Gasteiger partial charge in [0.25, 0.3) is 11.8 Å². The largest absolute Gasteiger partial charge is 0.341 e. The van der Waals surface area contributed by atoms with E-state index in [2.05, 4.69) is 5.32 Å². The highest BCUT2D eigenvalue weighted by Crippen LogP contribution is 2.29. The third-order valence-corrected chi connectivity index (χ3v) is 7.09. The zero-order chi connectivity index (χ0) is 26.6. The molecule has 8 nitrogen and oxygen atoms in total. The van der Waals surface area contributed by atoms with Gasteiger partial charge in [0.2, 0.25) is 15.9 Å². The van der Waals surface area contributed by atoms with Crippen LogP contribution in [-0.4, -0.2) is 56.4 Å². The quantitative estimate of drug-likeness (QED) is 0.540. The summed E-state index contributed by atoms with van der Waals surface area (Å²) in [6, 6.07) is 10.8. The Kier molecular flexibility index (Phi) is 9.03. The summed E-state index contributed by atoms with van der Waals surface area (Å²) in [5, 5.41) is 3.53. The smallest absolute Gasteiger partial charge is 0.264 e. The number of sulfonamides is 1. The number of hydrogen-bond acceptors (Lipinski definition) is 5. The van der Waals surface area contributed by atoms with Crippen LogP contribution in [0.4, 0.5) is 0 Å². The van der Waals surface area contributed by atoms with E-state index in [9.17, 15) is 22.8 Å². The van der Waals surface area contributed by atoms with E-state index in [1.54, 1.807) is 4.90 Å². The molecular weight excluding hydrogens is 525 g/mol. The van der Waals surface area contributed by atoms with Gasteiger partial charge in [-0.25, -0.2) is 13.1 Å². The highest BCUT2D eigenvalue weighted by molar-refractivity contribution is 7.89. The predicted molar refractivity (Wildman–Crippen MR) is 140 cm³/mol. The zero-order valence-electron chi connectivity index (χ0n) is 20.3. The first kappa shape index (κ1) is 28.0. The number of carbonyl (C=O) groups excluding carboxylic acids is 3. The van der Waals surface area contributed by atoms with Gasteiger partial charge in [-0.15, -0.1) is 0 Å². The second kappa shape index (κ2) is 11.6. The van der Waals surface area contributed by atoms with Crippen LogP contribution in [0.5, 0.6) is 0 Å². The van der Waals surface area contributed by atoms with E-state index in [1.807, 2.05) is 42.8 Å². The van der Waals surface area contributed by atoms with Crippen LogP contribution in [0.1, 0.15) is 58.9 Å². The van der Waals surface area contributed by atoms with Gasteiger partial charge >= 0.3 is 0 Å². The van der Waals surface area contributed by atoms with Crippen molar-refractivity contribution in [3.8, 4) is 0 Å². The Bertz CT molecular complexity index is 1240. The van der Waals surface area contributed by atoms with E-state index in [0.29, 0.717) is 24.0 Å². The maximum atomic E-state index is 13.3. The Morgan fingerprint density at radius 1 is 0.917 bits per heavy atom. The molecule has 1 heterocycles. The van der Waals surface area contributed by atoms with Crippen molar-refractivity contribution in [2.45, 2.75) is 38.6 Å². The average molecular weight is 554 g/mol. The number of likely N-dealkylation sites (tertiary alicyclic amines) is 1. The first-order valence-electron chi connectivity index (χ1n) is 11.5. The minimum absolute atomic E-state index is 0.0426. The number of halogens is 2. The molecule has 0 unspecified atom stereocenters. The van der Waals surface area contributed by atoms with Crippen LogP contribution < -0.4 is 10.0 Å². The number of benzene rings is 2. The molecule has 2 aromatic rings. The van der Waals surface area contributed by atoms with E-state index < -0.39 is 27.9 Å². The second-order valence-electron chi connectivity index (χ2n) is 9.28. The number of carbonyl (C=O) groups is 3. The number of amides is 3. The Balaban J connectivity index is 1.69. The van der Waals surface area contributed by atoms with Gasteiger partial charge in [0.15, 0.2) is 0 Å². The molecule has 3 amide bonds. The maximum Gasteiger partial charge on any atom is 0.264 e. The van der Waals surface area contributed by atoms with E-state index >= 15 is 0 Å². The molecule has 1 aliphatic rings. The number of nitrogens with one attached hydrogen (secondary N) is 2. The third-order valence-electron chi connectivity index (χ3n) is 6.07. The number of nitrogens with zero attached hydrogens (tertiary/aromatic N) is 1. The summed E-state index contributed by atoms with van der Waals surface area (Å²) in [5.74, 6) is -1.53. The van der Waals surface area contributed by atoms with Crippen LogP contribution in [0.3, 0.4) is 0 Å². The first-order valence-corrected chi connectivity index (χ1v) is 14.2. The monoisotopic (exact) mass is 553 g/mol. The highest BCUT2D eigenvalue weighted by Gasteiger charge is 2.32. The summed E-state index contributed by atoms with van der Waals surface area (Å²) >= 11 is 12.1. The van der Waals surface area contributed by atoms with Crippen LogP contribution in [0.15, 0.2) is 42.5 Å². The maximum absolute atomic E-state index is 13.3. The Morgan fingerprint density at radius 3 is 2.00 bits per heavy atom. The minimum Gasteiger partial charge on any atom is -0.341 e. The summed E-state index contributed by atoms with van der Waals surface area (Å²) in [4.78, 5) is 40.3. The van der Waals surface area contributed by atoms with Crippen molar-refractivity contribution in [3.05, 3.63) is 69.2 Å². The molecular formula is C25H29Cl2N3O5S. The summed E-state index contributed by atoms with van der Waals surface area (Å²) in [7, 11) is -3.79. The van der Waals surface area contributed by atoms with Gasteiger partial charge in [-0.1, -0.05) is 49.2 Å². The van der Waals surface area contributed by atoms with Crippen LogP contribution in [-0.2, 0) is 14.8 Å². The zero-order valence-corrected chi connectivity index (χ0v) is 22.6. The van der Waals surface area contributed by atoms with Crippen LogP contribution in [0.25, 0.3) is 0 Å². The number of piperidine rings is 1. The van der Waals surface area contributed by atoms with Crippen LogP contribution in [0.2, 0.25) is 10.0 Å². The summed E-state index contributed by atoms with van der Waals surface area (Å²) < 4.78 is 24.6. The van der Waals surface area contributed by atoms with Crippen molar-refractivity contribution >= 4 is 50.9 Å². The van der Waals surface area contributed by atoms with E-state index in [0.717, 1.165) is 19.1 Å². The Morgan fingerprint density at radius 2 is 1.47 bits per heavy atom. The molecule has 1 atom stereocenters. The minimum atomic E-state index is -3.79. The second-order valence-corrected chi connectivity index (χ2v) is 11.9. The number of rotatable bonds is 7. The molecule has 36 heavy (non-hydrogen) atoms. The SMILES string of the molecule is CC(C)[C@@H](NC(=O)c1cc(Cl)cc(C(=O)NS(C)(=O)=O)c1)C(=O)N1CCC(c2ccc(Cl)cc2)CC1. The standard InChI is InChI=1S/C25H29Cl2N3O5S/c1-15(2)22(25(33)30-10-8-17(9-11-30)16-4-6-20(26)7-5-16)28-23(31)18-12-19(14-21(27)13-18)24(32)29-36(3,34)35/h4-7,12-15,17,22H,8-11H2,1-3H3,(H,28,31)(H,29,32)/t22-/m1/s1. The van der Waals surface area contributed by atoms with E-state index in [-0.39, 0.29) is 28.0 Å². The van der Waals surface area contributed by atoms with Crippen molar-refractivity contribution in [3.63, 3.8) is 0 Å². The lowest BCUT2D eigenvalue weighted by atomic mass is 9.89. The first-order chi connectivity index (χ1) is 16.8. The van der Waals surface area contributed by atoms with Gasteiger partial charge in [-0.05, 0) is 60.6 Å². The molecule has 11 heteroatoms. The van der Waals surface area contributed by atoms with Crippen molar-refractivity contribution in [1.82, 2.24) is 14.9 Å². The molecule has 0 radical (unpaired) electrons. The molecule has 3 rings (SSSR count). The summed E-state index contributed by atoms with van der Waals surface area (Å²) in [5.41, 5.74) is 1.15. The molecule has 2 aromatic carbocycles. The van der Waals surface area contributed by atoms with Gasteiger partial charge in [-0.3, -0.25) is 14.4 Å². The van der Waals surface area contributed by atoms with Gasteiger partial charge in [0.05, 0.1) is 6.26 Å². The van der Waals surface area contributed by atoms with Gasteiger partial charge in [-0.2, -0.15) is 0 Å². The fourth-order valence-corrected chi connectivity index (χ4v) is 5.00. The molecule has 0 aromatic heterocycles. The van der Waals surface area contributed by atoms with Gasteiger partial charge in [0, 0.05) is 34.3 Å². The normalized spacial score (nSPS) is 15.4. The topological polar surface area (TPSA) is 113 Å². The van der Waals surface area contributed by atoms with Crippen LogP contribution in [0, 0.1) is 5.92 Å². The van der Waals surface area contributed by atoms with Crippen LogP contribution >= 0.6 is 23.2 Å². The van der Waals surface area contributed by atoms with Crippen molar-refractivity contribution in [2.75, 3.05) is 19.3 Å². The van der Waals surface area contributed by atoms with Crippen molar-refractivity contribution < 1.29 is 22.8 Å². The van der Waals surface area contributed by atoms with Gasteiger partial charge < -0.3 is 10.2 Å². The van der Waals surface area contributed by atoms with Crippen molar-refractivity contribution in [1.29, 1.82) is 0 Å². The molecule has 0 spiro atoms. The fourth-order valence-electron chi connectivity index (χ4n) is 4.18. The predicted octanol–water partition coefficient (Wildman–Crippen LogP) is 3.84. The molecule has 194 valence electrons. The molecule has 0 aliphatic carbocycles. The molecule has 0 saturated carbocycles. The summed E-state index contributed by atoms with van der Waals surface area (Å²) in [6.07, 6.45) is 2.46. The Labute approximate surface area is 221 Å². The summed E-state index contributed by atoms with van der Waals surface area (Å²) in [6.45, 7) is 4.81. The lowest BCUT2D eigenvalue weighted by Gasteiger charge is -2.35. The number of hydrogen-bond donors (Lipinski definition) is 2. The highest BCUT2D eigenvalue weighted by atomic mass is 35.5. The lowest BCUT2D eigenvalue weighted by Crippen LogP contribution is -2.52. The Hall–Kier alpha value is -2.62. The fraction of sp³-hybridized carbons (Fsp3) is 0.400. The lowest BCUT2D eigenvalue weighted by molar-refractivity contribution is -0.135. The van der Waals surface area contributed by atoms with Crippen molar-refractivity contribution in [2.24, 2.45) is 5.92 Å². The molecule has 1 aliphatic heterocycles. The van der Waals surface area contributed by atoms with Gasteiger partial charge in [0.1, 0.15) is 6.04 Å². The molecule has 0 bridgehead atoms. The molecule has 2 N–H and O–H groups in total. The third kappa shape index (κ3) is 7.44. The van der Waals surface area contributed by atoms with E-state index in [4.69, 9.17) is 23.2 Å².